The Morgan fingerprint density at radius 2 is 1.16 bits per heavy atom. The maximum absolute atomic E-state index is 2.43. The third-order valence-electron chi connectivity index (χ3n) is 8.90. The van der Waals surface area contributed by atoms with Crippen molar-refractivity contribution in [1.82, 2.24) is 0 Å². The van der Waals surface area contributed by atoms with Crippen LogP contribution in [0.1, 0.15) is 74.5 Å². The summed E-state index contributed by atoms with van der Waals surface area (Å²) in [7, 11) is 0. The van der Waals surface area contributed by atoms with Gasteiger partial charge in [-0.3, -0.25) is 0 Å². The molecule has 0 N–H and O–H groups in total. The predicted octanol–water partition coefficient (Wildman–Crippen LogP) is 5.45. The molecule has 220 valence electrons. The van der Waals surface area contributed by atoms with E-state index in [0.717, 1.165) is 5.92 Å². The fourth-order valence-electron chi connectivity index (χ4n) is 6.48. The van der Waals surface area contributed by atoms with E-state index in [2.05, 4.69) is 147 Å². The van der Waals surface area contributed by atoms with Gasteiger partial charge in [-0.2, -0.15) is 0 Å². The van der Waals surface area contributed by atoms with E-state index in [0.29, 0.717) is 0 Å². The number of halogens is 1. The summed E-state index contributed by atoms with van der Waals surface area (Å²) in [5.41, 5.74) is 8.73. The molecule has 0 saturated heterocycles. The first kappa shape index (κ1) is 31.3. The van der Waals surface area contributed by atoms with Crippen LogP contribution in [-0.4, -0.2) is 6.71 Å². The molecule has 1 saturated carbocycles. The van der Waals surface area contributed by atoms with E-state index in [1.807, 2.05) is 0 Å². The van der Waals surface area contributed by atoms with E-state index < -0.39 is 6.71 Å². The molecule has 0 bridgehead atoms. The van der Waals surface area contributed by atoms with Crippen LogP contribution in [0.4, 0.5) is 0 Å². The molecule has 0 spiro atoms. The highest BCUT2D eigenvalue weighted by Gasteiger charge is 2.18. The summed E-state index contributed by atoms with van der Waals surface area (Å²) in [5.74, 6) is 0.829. The second-order valence-corrected chi connectivity index (χ2v) is 15.2. The van der Waals surface area contributed by atoms with E-state index in [1.165, 1.54) is 86.0 Å². The first-order valence-corrected chi connectivity index (χ1v) is 18.5. The fraction of sp³-hybridized carbons (Fsp3) is 0.268. The lowest BCUT2D eigenvalue weighted by atomic mass is 9.37. The van der Waals surface area contributed by atoms with Gasteiger partial charge in [0, 0.05) is 0 Å². The molecule has 0 aromatic heterocycles. The highest BCUT2D eigenvalue weighted by Crippen LogP contribution is 2.32. The number of hydrogen-bond acceptors (Lipinski definition) is 0. The zero-order chi connectivity index (χ0) is 29.7. The molecular formula is C41H46BI. The first-order valence-electron chi connectivity index (χ1n) is 16.4. The Bertz CT molecular complexity index is 1450. The molecule has 0 nitrogen and oxygen atoms in total. The highest BCUT2D eigenvalue weighted by atomic mass is 127. The quantitative estimate of drug-likeness (QED) is 0.144. The summed E-state index contributed by atoms with van der Waals surface area (Å²) in [6.07, 6.45) is 10.8. The lowest BCUT2D eigenvalue weighted by molar-refractivity contribution is -0.597. The van der Waals surface area contributed by atoms with E-state index in [4.69, 9.17) is 0 Å². The molecular weight excluding hydrogens is 630 g/mol. The van der Waals surface area contributed by atoms with Crippen LogP contribution in [0.25, 0.3) is 0 Å². The van der Waals surface area contributed by atoms with Crippen LogP contribution in [0.15, 0.2) is 133 Å². The minimum absolute atomic E-state index is 0.0155. The Morgan fingerprint density at radius 1 is 0.605 bits per heavy atom. The lowest BCUT2D eigenvalue weighted by Crippen LogP contribution is -3.61. The molecule has 0 radical (unpaired) electrons. The van der Waals surface area contributed by atoms with Crippen molar-refractivity contribution in [1.29, 1.82) is 0 Å². The van der Waals surface area contributed by atoms with Crippen molar-refractivity contribution in [2.75, 3.05) is 0 Å². The van der Waals surface area contributed by atoms with Crippen molar-refractivity contribution >= 4 is 23.1 Å². The molecule has 0 heterocycles. The number of aryl methyl sites for hydroxylation is 2. The number of benzene rings is 5. The minimum Gasteiger partial charge on any atom is -0.203 e. The predicted molar refractivity (Wildman–Crippen MR) is 185 cm³/mol. The second kappa shape index (κ2) is 16.7. The fourth-order valence-corrected chi connectivity index (χ4v) is 8.63. The van der Waals surface area contributed by atoms with E-state index in [1.54, 1.807) is 5.56 Å². The van der Waals surface area contributed by atoms with Gasteiger partial charge in [-0.1, -0.05) is 153 Å². The number of unbranched alkanes of at least 4 members (excludes halogenated alkanes) is 1. The molecule has 6 rings (SSSR count). The molecule has 2 heteroatoms. The molecule has 43 heavy (non-hydrogen) atoms. The van der Waals surface area contributed by atoms with Crippen LogP contribution in [-0.2, 0) is 6.42 Å². The highest BCUT2D eigenvalue weighted by molar-refractivity contribution is 6.95. The van der Waals surface area contributed by atoms with Crippen LogP contribution >= 0.6 is 0 Å². The van der Waals surface area contributed by atoms with Gasteiger partial charge in [-0.05, 0) is 68.4 Å². The molecule has 0 amide bonds. The van der Waals surface area contributed by atoms with Gasteiger partial charge >= 0.3 is 21.2 Å². The standard InChI is InChI=1S/C22H24B.C19H22I/c1-2-3-11-19-12-10-17-22(18-19)23(20-13-6-4-7-14-20)21-15-8-5-9-16-21;1-15-7-11-18(12-8-15)20-19-13-9-17(10-14-19)16-5-3-2-4-6-16/h4-10,12-18,23H,2-3,11H2,1H3;7-14,16H,2-6H2,1H3/q-1;+1. The third-order valence-corrected chi connectivity index (χ3v) is 11.6. The molecule has 5 aromatic carbocycles. The van der Waals surface area contributed by atoms with Crippen LogP contribution in [0.5, 0.6) is 0 Å². The molecule has 0 unspecified atom stereocenters. The van der Waals surface area contributed by atoms with Gasteiger partial charge < -0.3 is 0 Å². The summed E-state index contributed by atoms with van der Waals surface area (Å²) >= 11 is -0.0155. The zero-order valence-corrected chi connectivity index (χ0v) is 28.2. The summed E-state index contributed by atoms with van der Waals surface area (Å²) in [6, 6.07) is 49.7. The topological polar surface area (TPSA) is 0 Å². The van der Waals surface area contributed by atoms with E-state index in [9.17, 15) is 0 Å². The van der Waals surface area contributed by atoms with Gasteiger partial charge in [0.2, 0.25) is 0 Å². The number of hydrogen-bond donors (Lipinski definition) is 0. The Kier molecular flexibility index (Phi) is 12.1. The Balaban J connectivity index is 0.000000173. The Morgan fingerprint density at radius 3 is 1.74 bits per heavy atom. The minimum atomic E-state index is -0.701. The summed E-state index contributed by atoms with van der Waals surface area (Å²) < 4.78 is 3.05. The van der Waals surface area contributed by atoms with Crippen LogP contribution in [0, 0.1) is 14.1 Å². The first-order chi connectivity index (χ1) is 21.2. The summed E-state index contributed by atoms with van der Waals surface area (Å²) in [4.78, 5) is 0. The lowest BCUT2D eigenvalue weighted by Gasteiger charge is -2.27. The van der Waals surface area contributed by atoms with Gasteiger partial charge in [0.1, 0.15) is 0 Å². The van der Waals surface area contributed by atoms with Crippen molar-refractivity contribution in [3.8, 4) is 0 Å². The number of rotatable bonds is 9. The van der Waals surface area contributed by atoms with Crippen molar-refractivity contribution in [2.24, 2.45) is 0 Å². The van der Waals surface area contributed by atoms with Gasteiger partial charge in [0.05, 0.1) is 6.71 Å². The Labute approximate surface area is 271 Å². The average molecular weight is 677 g/mol. The van der Waals surface area contributed by atoms with Crippen molar-refractivity contribution in [2.45, 2.75) is 71.1 Å². The van der Waals surface area contributed by atoms with Gasteiger partial charge in [-0.15, -0.1) is 0 Å². The average Bonchev–Trinajstić information content (AvgIpc) is 3.07. The maximum atomic E-state index is 2.43. The monoisotopic (exact) mass is 676 g/mol. The van der Waals surface area contributed by atoms with Crippen LogP contribution < -0.4 is 37.6 Å². The normalized spacial score (nSPS) is 13.4. The van der Waals surface area contributed by atoms with E-state index in [-0.39, 0.29) is 21.2 Å². The van der Waals surface area contributed by atoms with Gasteiger partial charge in [0.15, 0.2) is 7.14 Å². The molecule has 0 atom stereocenters. The van der Waals surface area contributed by atoms with Crippen LogP contribution in [0.3, 0.4) is 0 Å². The van der Waals surface area contributed by atoms with Crippen molar-refractivity contribution in [3.63, 3.8) is 0 Å². The molecule has 1 fully saturated rings. The van der Waals surface area contributed by atoms with Crippen molar-refractivity contribution in [3.05, 3.63) is 157 Å². The largest absolute Gasteiger partial charge is 0.357 e. The molecule has 5 aromatic rings. The second-order valence-electron chi connectivity index (χ2n) is 12.2. The SMILES string of the molecule is CCCCc1cccc([BH-](c2ccccc2)c2ccccc2)c1.Cc1ccc([I+]c2ccc(C3CCCCC3)cc2)cc1. The van der Waals surface area contributed by atoms with Crippen LogP contribution in [0.2, 0.25) is 0 Å². The molecule has 1 aliphatic rings. The summed E-state index contributed by atoms with van der Waals surface area (Å²) in [5, 5.41) is 0. The maximum Gasteiger partial charge on any atom is 0.357 e. The van der Waals surface area contributed by atoms with E-state index >= 15 is 0 Å². The smallest absolute Gasteiger partial charge is 0.203 e. The van der Waals surface area contributed by atoms with Gasteiger partial charge in [0.25, 0.3) is 0 Å². The molecule has 1 aliphatic carbocycles. The van der Waals surface area contributed by atoms with Crippen molar-refractivity contribution < 1.29 is 21.2 Å². The Hall–Kier alpha value is -3.11. The van der Waals surface area contributed by atoms with Gasteiger partial charge in [-0.25, -0.2) is 16.4 Å². The third kappa shape index (κ3) is 9.44. The molecule has 0 aliphatic heterocycles. The summed E-state index contributed by atoms with van der Waals surface area (Å²) in [6.45, 7) is 3.71. The zero-order valence-electron chi connectivity index (χ0n) is 26.0.